The molecule has 1 fully saturated rings. The third kappa shape index (κ3) is 4.59. The molecule has 0 N–H and O–H groups in total. The first-order valence-electron chi connectivity index (χ1n) is 10.1. The Kier molecular flexibility index (Phi) is 6.79. The SMILES string of the molecule is CN1C(=O)C(=NC(N(c2ccccc2)c2ccccc2)C(Cl)(Cl)Cl)N(c2ccccc2F)C1=O. The quantitative estimate of drug-likeness (QED) is 0.300. The maximum Gasteiger partial charge on any atom is 0.337 e. The van der Waals surface area contributed by atoms with Gasteiger partial charge in [-0.25, -0.2) is 19.1 Å². The number of carbonyl (C=O) groups is 2. The number of aliphatic imine (C=N–C) groups is 1. The van der Waals surface area contributed by atoms with E-state index in [0.717, 1.165) is 9.80 Å². The summed E-state index contributed by atoms with van der Waals surface area (Å²) in [5.74, 6) is -1.83. The highest BCUT2D eigenvalue weighted by atomic mass is 35.6. The van der Waals surface area contributed by atoms with Gasteiger partial charge in [-0.05, 0) is 36.4 Å². The summed E-state index contributed by atoms with van der Waals surface area (Å²) in [6.07, 6.45) is -1.30. The molecule has 1 aliphatic heterocycles. The Morgan fingerprint density at radius 2 is 1.35 bits per heavy atom. The summed E-state index contributed by atoms with van der Waals surface area (Å²) < 4.78 is 12.6. The van der Waals surface area contributed by atoms with Crippen LogP contribution in [-0.4, -0.2) is 39.7 Å². The molecule has 10 heteroatoms. The second-order valence-electron chi connectivity index (χ2n) is 7.34. The van der Waals surface area contributed by atoms with Crippen LogP contribution in [0.25, 0.3) is 0 Å². The van der Waals surface area contributed by atoms with E-state index in [9.17, 15) is 14.0 Å². The van der Waals surface area contributed by atoms with E-state index in [4.69, 9.17) is 34.8 Å². The number of amidine groups is 1. The number of likely N-dealkylation sites (N-methyl/N-ethyl adjacent to an activating group) is 1. The van der Waals surface area contributed by atoms with E-state index in [0.29, 0.717) is 11.4 Å². The summed E-state index contributed by atoms with van der Waals surface area (Å²) in [4.78, 5) is 33.7. The molecule has 4 rings (SSSR count). The predicted molar refractivity (Wildman–Crippen MR) is 134 cm³/mol. The molecule has 3 aromatic rings. The van der Waals surface area contributed by atoms with Gasteiger partial charge in [0.05, 0.1) is 5.69 Å². The first-order chi connectivity index (χ1) is 16.2. The molecule has 0 saturated carbocycles. The fourth-order valence-electron chi connectivity index (χ4n) is 3.54. The lowest BCUT2D eigenvalue weighted by Crippen LogP contribution is -2.43. The van der Waals surface area contributed by atoms with Gasteiger partial charge < -0.3 is 4.90 Å². The minimum atomic E-state index is -2.05. The van der Waals surface area contributed by atoms with Gasteiger partial charge in [-0.1, -0.05) is 83.3 Å². The molecule has 0 bridgehead atoms. The number of halogens is 4. The fraction of sp³-hybridized carbons (Fsp3) is 0.125. The Labute approximate surface area is 210 Å². The summed E-state index contributed by atoms with van der Waals surface area (Å²) in [7, 11) is 1.28. The van der Waals surface area contributed by atoms with Crippen LogP contribution in [0.15, 0.2) is 89.9 Å². The van der Waals surface area contributed by atoms with Crippen LogP contribution in [0.2, 0.25) is 0 Å². The van der Waals surface area contributed by atoms with Gasteiger partial charge in [-0.2, -0.15) is 0 Å². The number of urea groups is 1. The van der Waals surface area contributed by atoms with Crippen LogP contribution in [0.3, 0.4) is 0 Å². The van der Waals surface area contributed by atoms with Crippen molar-refractivity contribution in [3.05, 3.63) is 90.7 Å². The van der Waals surface area contributed by atoms with Gasteiger partial charge in [-0.15, -0.1) is 0 Å². The molecule has 1 aliphatic rings. The van der Waals surface area contributed by atoms with Crippen molar-refractivity contribution in [3.8, 4) is 0 Å². The lowest BCUT2D eigenvalue weighted by atomic mass is 10.2. The van der Waals surface area contributed by atoms with Crippen molar-refractivity contribution in [2.45, 2.75) is 9.96 Å². The minimum absolute atomic E-state index is 0.141. The molecule has 0 aliphatic carbocycles. The molecular weight excluding hydrogens is 502 g/mol. The zero-order chi connectivity index (χ0) is 24.5. The Bertz CT molecular complexity index is 1200. The van der Waals surface area contributed by atoms with Crippen molar-refractivity contribution < 1.29 is 14.0 Å². The van der Waals surface area contributed by atoms with Crippen LogP contribution in [0.4, 0.5) is 26.2 Å². The molecule has 0 spiro atoms. The number of benzene rings is 3. The molecule has 3 amide bonds. The van der Waals surface area contributed by atoms with Crippen LogP contribution in [0.1, 0.15) is 0 Å². The summed E-state index contributed by atoms with van der Waals surface area (Å²) in [6, 6.07) is 22.8. The van der Waals surface area contributed by atoms with E-state index in [2.05, 4.69) is 4.99 Å². The Morgan fingerprint density at radius 1 is 0.853 bits per heavy atom. The lowest BCUT2D eigenvalue weighted by molar-refractivity contribution is -0.119. The smallest absolute Gasteiger partial charge is 0.315 e. The third-order valence-electron chi connectivity index (χ3n) is 5.13. The summed E-state index contributed by atoms with van der Waals surface area (Å²) in [5.41, 5.74) is 1.10. The first-order valence-corrected chi connectivity index (χ1v) is 11.2. The molecule has 1 atom stereocenters. The number of carbonyl (C=O) groups excluding carboxylic acids is 2. The number of rotatable bonds is 5. The number of hydrogen-bond acceptors (Lipinski definition) is 4. The molecular formula is C24H18Cl3FN4O2. The average Bonchev–Trinajstić information content (AvgIpc) is 3.03. The highest BCUT2D eigenvalue weighted by Gasteiger charge is 2.46. The number of imide groups is 1. The molecule has 174 valence electrons. The lowest BCUT2D eigenvalue weighted by Gasteiger charge is -2.35. The van der Waals surface area contributed by atoms with Gasteiger partial charge in [0.2, 0.25) is 9.63 Å². The van der Waals surface area contributed by atoms with Gasteiger partial charge in [0.15, 0.2) is 6.17 Å². The normalized spacial score (nSPS) is 16.3. The van der Waals surface area contributed by atoms with E-state index in [1.54, 1.807) is 59.5 Å². The van der Waals surface area contributed by atoms with Crippen molar-refractivity contribution in [2.75, 3.05) is 16.8 Å². The van der Waals surface area contributed by atoms with Gasteiger partial charge in [0, 0.05) is 18.4 Å². The van der Waals surface area contributed by atoms with Crippen molar-refractivity contribution in [2.24, 2.45) is 4.99 Å². The molecule has 1 unspecified atom stereocenters. The number of amides is 3. The zero-order valence-corrected chi connectivity index (χ0v) is 20.0. The number of alkyl halides is 3. The van der Waals surface area contributed by atoms with Gasteiger partial charge in [-0.3, -0.25) is 9.69 Å². The molecule has 1 heterocycles. The van der Waals surface area contributed by atoms with Crippen molar-refractivity contribution in [3.63, 3.8) is 0 Å². The van der Waals surface area contributed by atoms with E-state index in [1.165, 1.54) is 25.2 Å². The Morgan fingerprint density at radius 3 is 1.85 bits per heavy atom. The molecule has 34 heavy (non-hydrogen) atoms. The number of anilines is 3. The van der Waals surface area contributed by atoms with Crippen LogP contribution in [0, 0.1) is 5.82 Å². The highest BCUT2D eigenvalue weighted by Crippen LogP contribution is 2.41. The maximum atomic E-state index is 14.6. The van der Waals surface area contributed by atoms with Gasteiger partial charge >= 0.3 is 6.03 Å². The van der Waals surface area contributed by atoms with E-state index in [1.807, 2.05) is 12.1 Å². The largest absolute Gasteiger partial charge is 0.337 e. The van der Waals surface area contributed by atoms with E-state index in [-0.39, 0.29) is 11.5 Å². The first kappa shape index (κ1) is 24.0. The Balaban J connectivity index is 1.93. The average molecular weight is 520 g/mol. The van der Waals surface area contributed by atoms with E-state index >= 15 is 0 Å². The van der Waals surface area contributed by atoms with Crippen molar-refractivity contribution >= 4 is 69.6 Å². The monoisotopic (exact) mass is 518 g/mol. The third-order valence-corrected chi connectivity index (χ3v) is 5.72. The van der Waals surface area contributed by atoms with Crippen LogP contribution < -0.4 is 9.80 Å². The summed E-state index contributed by atoms with van der Waals surface area (Å²) in [5, 5.41) is 0. The summed E-state index contributed by atoms with van der Waals surface area (Å²) in [6.45, 7) is 0. The second kappa shape index (κ2) is 9.62. The van der Waals surface area contributed by atoms with Crippen molar-refractivity contribution in [1.29, 1.82) is 0 Å². The zero-order valence-electron chi connectivity index (χ0n) is 17.8. The van der Waals surface area contributed by atoms with Gasteiger partial charge in [0.25, 0.3) is 5.91 Å². The number of hydrogen-bond donors (Lipinski definition) is 0. The molecule has 6 nitrogen and oxygen atoms in total. The highest BCUT2D eigenvalue weighted by molar-refractivity contribution is 6.68. The maximum absolute atomic E-state index is 14.6. The van der Waals surface area contributed by atoms with Gasteiger partial charge in [0.1, 0.15) is 5.82 Å². The van der Waals surface area contributed by atoms with Crippen LogP contribution >= 0.6 is 34.8 Å². The molecule has 0 radical (unpaired) electrons. The number of nitrogens with zero attached hydrogens (tertiary/aromatic N) is 4. The second-order valence-corrected chi connectivity index (χ2v) is 9.71. The fourth-order valence-corrected chi connectivity index (χ4v) is 3.98. The molecule has 1 saturated heterocycles. The number of para-hydroxylation sites is 3. The molecule has 3 aromatic carbocycles. The Hall–Kier alpha value is -3.13. The minimum Gasteiger partial charge on any atom is -0.315 e. The summed E-state index contributed by atoms with van der Waals surface area (Å²) >= 11 is 19.2. The predicted octanol–water partition coefficient (Wildman–Crippen LogP) is 6.16. The van der Waals surface area contributed by atoms with E-state index < -0.39 is 27.7 Å². The van der Waals surface area contributed by atoms with Crippen LogP contribution in [-0.2, 0) is 4.79 Å². The molecule has 0 aromatic heterocycles. The van der Waals surface area contributed by atoms with Crippen LogP contribution in [0.5, 0.6) is 0 Å². The van der Waals surface area contributed by atoms with Crippen molar-refractivity contribution in [1.82, 2.24) is 4.90 Å². The standard InChI is InChI=1S/C24H18Cl3FN4O2/c1-30-21(33)20(32(23(30)34)19-15-9-8-14-18(19)28)29-22(24(25,26)27)31(16-10-4-2-5-11-16)17-12-6-3-7-13-17/h2-15,22H,1H3. The topological polar surface area (TPSA) is 56.2 Å².